The van der Waals surface area contributed by atoms with Crippen LogP contribution in [0.15, 0.2) is 24.3 Å². The smallest absolute Gasteiger partial charge is 0.123 e. The summed E-state index contributed by atoms with van der Waals surface area (Å²) in [5, 5.41) is 38.5. The number of hydrogen-bond acceptors (Lipinski definition) is 5. The first-order valence-corrected chi connectivity index (χ1v) is 7.16. The van der Waals surface area contributed by atoms with E-state index in [0.29, 0.717) is 6.54 Å². The van der Waals surface area contributed by atoms with E-state index in [1.807, 2.05) is 0 Å². The van der Waals surface area contributed by atoms with Crippen LogP contribution in [0.3, 0.4) is 0 Å². The van der Waals surface area contributed by atoms with Crippen molar-refractivity contribution in [2.24, 2.45) is 0 Å². The molecular formula is C15H22FNO4. The van der Waals surface area contributed by atoms with E-state index in [1.54, 1.807) is 17.0 Å². The molecular weight excluding hydrogens is 277 g/mol. The lowest BCUT2D eigenvalue weighted by atomic mass is 9.94. The number of halogens is 1. The highest BCUT2D eigenvalue weighted by Crippen LogP contribution is 2.19. The Kier molecular flexibility index (Phi) is 5.66. The van der Waals surface area contributed by atoms with Crippen molar-refractivity contribution in [3.05, 3.63) is 35.6 Å². The molecule has 0 unspecified atom stereocenters. The Hall–Kier alpha value is -1.05. The standard InChI is InChI=1S/C15H22FNO4/c16-11-5-3-10(4-6-11)2-1-7-17-8-13(19)15(21)14(20)12(17)9-18/h3-6,12-15,18-21H,1-2,7-9H2/t12-,13+,14-,15-/m1/s1. The fourth-order valence-electron chi connectivity index (χ4n) is 2.77. The lowest BCUT2D eigenvalue weighted by Gasteiger charge is -2.43. The van der Waals surface area contributed by atoms with Gasteiger partial charge in [0.2, 0.25) is 0 Å². The van der Waals surface area contributed by atoms with E-state index in [4.69, 9.17) is 0 Å². The Bertz CT molecular complexity index is 442. The van der Waals surface area contributed by atoms with Crippen LogP contribution in [0.4, 0.5) is 4.39 Å². The SMILES string of the molecule is OC[C@@H]1[C@@H](O)[C@H](O)[C@@H](O)CN1CCCc1ccc(F)cc1. The Morgan fingerprint density at radius 2 is 1.76 bits per heavy atom. The molecule has 0 saturated carbocycles. The zero-order valence-electron chi connectivity index (χ0n) is 11.8. The van der Waals surface area contributed by atoms with E-state index in [2.05, 4.69) is 0 Å². The van der Waals surface area contributed by atoms with Gasteiger partial charge in [-0.25, -0.2) is 4.39 Å². The first kappa shape index (κ1) is 16.3. The molecule has 0 spiro atoms. The quantitative estimate of drug-likeness (QED) is 0.590. The second-order valence-electron chi connectivity index (χ2n) is 5.52. The molecule has 0 amide bonds. The van der Waals surface area contributed by atoms with Gasteiger partial charge >= 0.3 is 0 Å². The third-order valence-corrected chi connectivity index (χ3v) is 4.04. The maximum absolute atomic E-state index is 12.8. The molecule has 4 atom stereocenters. The number of aryl methyl sites for hydroxylation is 1. The van der Waals surface area contributed by atoms with E-state index in [9.17, 15) is 24.8 Å². The summed E-state index contributed by atoms with van der Waals surface area (Å²) in [5.74, 6) is -0.268. The average Bonchev–Trinajstić information content (AvgIpc) is 2.47. The molecule has 0 aliphatic carbocycles. The Labute approximate surface area is 123 Å². The maximum atomic E-state index is 12.8. The number of aliphatic hydroxyl groups is 4. The predicted molar refractivity (Wildman–Crippen MR) is 75.2 cm³/mol. The summed E-state index contributed by atoms with van der Waals surface area (Å²) in [5.41, 5.74) is 1.01. The molecule has 1 fully saturated rings. The van der Waals surface area contributed by atoms with Crippen LogP contribution in [0.1, 0.15) is 12.0 Å². The number of piperidine rings is 1. The van der Waals surface area contributed by atoms with Crippen LogP contribution in [-0.4, -0.2) is 69.4 Å². The summed E-state index contributed by atoms with van der Waals surface area (Å²) < 4.78 is 12.8. The highest BCUT2D eigenvalue weighted by Gasteiger charge is 2.40. The molecule has 5 nitrogen and oxygen atoms in total. The van der Waals surface area contributed by atoms with Crippen molar-refractivity contribution in [2.45, 2.75) is 37.2 Å². The van der Waals surface area contributed by atoms with Crippen LogP contribution in [0.5, 0.6) is 0 Å². The average molecular weight is 299 g/mol. The first-order chi connectivity index (χ1) is 10.0. The summed E-state index contributed by atoms with van der Waals surface area (Å²) in [4.78, 5) is 1.78. The van der Waals surface area contributed by atoms with Crippen LogP contribution in [0.25, 0.3) is 0 Å². The molecule has 1 aliphatic rings. The van der Waals surface area contributed by atoms with Gasteiger partial charge in [-0.15, -0.1) is 0 Å². The van der Waals surface area contributed by atoms with Crippen molar-refractivity contribution >= 4 is 0 Å². The highest BCUT2D eigenvalue weighted by atomic mass is 19.1. The Balaban J connectivity index is 1.87. The van der Waals surface area contributed by atoms with Gasteiger partial charge < -0.3 is 20.4 Å². The molecule has 6 heteroatoms. The van der Waals surface area contributed by atoms with Crippen LogP contribution in [0, 0.1) is 5.82 Å². The zero-order valence-corrected chi connectivity index (χ0v) is 11.8. The maximum Gasteiger partial charge on any atom is 0.123 e. The zero-order chi connectivity index (χ0) is 15.4. The minimum absolute atomic E-state index is 0.215. The molecule has 1 saturated heterocycles. The number of likely N-dealkylation sites (tertiary alicyclic amines) is 1. The normalized spacial score (nSPS) is 30.5. The molecule has 2 rings (SSSR count). The van der Waals surface area contributed by atoms with Crippen molar-refractivity contribution in [3.8, 4) is 0 Å². The molecule has 118 valence electrons. The summed E-state index contributed by atoms with van der Waals surface area (Å²) in [6.07, 6.45) is -1.92. The largest absolute Gasteiger partial charge is 0.395 e. The van der Waals surface area contributed by atoms with Gasteiger partial charge in [-0.1, -0.05) is 12.1 Å². The van der Waals surface area contributed by atoms with Crippen molar-refractivity contribution in [3.63, 3.8) is 0 Å². The monoisotopic (exact) mass is 299 g/mol. The number of rotatable bonds is 5. The summed E-state index contributed by atoms with van der Waals surface area (Å²) in [7, 11) is 0. The van der Waals surface area contributed by atoms with Gasteiger partial charge in [-0.05, 0) is 37.1 Å². The number of hydrogen-bond donors (Lipinski definition) is 4. The van der Waals surface area contributed by atoms with E-state index < -0.39 is 24.4 Å². The lowest BCUT2D eigenvalue weighted by molar-refractivity contribution is -0.145. The molecule has 4 N–H and O–H groups in total. The summed E-state index contributed by atoms with van der Waals surface area (Å²) in [6.45, 7) is 0.512. The van der Waals surface area contributed by atoms with Crippen molar-refractivity contribution in [2.75, 3.05) is 19.7 Å². The third kappa shape index (κ3) is 3.99. The second kappa shape index (κ2) is 7.29. The van der Waals surface area contributed by atoms with Gasteiger partial charge in [0.1, 0.15) is 18.0 Å². The topological polar surface area (TPSA) is 84.2 Å². The van der Waals surface area contributed by atoms with Crippen LogP contribution in [0.2, 0.25) is 0 Å². The molecule has 1 aromatic rings. The lowest BCUT2D eigenvalue weighted by Crippen LogP contribution is -2.62. The molecule has 21 heavy (non-hydrogen) atoms. The van der Waals surface area contributed by atoms with Gasteiger partial charge in [-0.3, -0.25) is 4.90 Å². The molecule has 1 aromatic carbocycles. The third-order valence-electron chi connectivity index (χ3n) is 4.04. The van der Waals surface area contributed by atoms with Gasteiger partial charge in [0.05, 0.1) is 18.8 Å². The number of nitrogens with zero attached hydrogens (tertiary/aromatic N) is 1. The van der Waals surface area contributed by atoms with Crippen molar-refractivity contribution in [1.29, 1.82) is 0 Å². The number of aliphatic hydroxyl groups excluding tert-OH is 4. The number of benzene rings is 1. The fraction of sp³-hybridized carbons (Fsp3) is 0.600. The van der Waals surface area contributed by atoms with E-state index in [0.717, 1.165) is 18.4 Å². The van der Waals surface area contributed by atoms with Crippen molar-refractivity contribution in [1.82, 2.24) is 4.90 Å². The molecule has 1 aliphatic heterocycles. The molecule has 0 aromatic heterocycles. The van der Waals surface area contributed by atoms with Gasteiger partial charge in [0.25, 0.3) is 0 Å². The summed E-state index contributed by atoms with van der Waals surface area (Å²) >= 11 is 0. The van der Waals surface area contributed by atoms with E-state index >= 15 is 0 Å². The summed E-state index contributed by atoms with van der Waals surface area (Å²) in [6, 6.07) is 5.70. The Morgan fingerprint density at radius 1 is 1.10 bits per heavy atom. The fourth-order valence-corrected chi connectivity index (χ4v) is 2.77. The van der Waals surface area contributed by atoms with Gasteiger partial charge in [0.15, 0.2) is 0 Å². The predicted octanol–water partition coefficient (Wildman–Crippen LogP) is -0.483. The minimum atomic E-state index is -1.23. The number of β-amino-alcohol motifs (C(OH)–C–C–N with tert-alkyl or cyclic N) is 1. The van der Waals surface area contributed by atoms with Crippen LogP contribution < -0.4 is 0 Å². The minimum Gasteiger partial charge on any atom is -0.395 e. The van der Waals surface area contributed by atoms with Crippen LogP contribution in [-0.2, 0) is 6.42 Å². The highest BCUT2D eigenvalue weighted by molar-refractivity contribution is 5.16. The molecule has 0 radical (unpaired) electrons. The molecule has 1 heterocycles. The van der Waals surface area contributed by atoms with Gasteiger partial charge in [0, 0.05) is 6.54 Å². The van der Waals surface area contributed by atoms with Gasteiger partial charge in [-0.2, -0.15) is 0 Å². The second-order valence-corrected chi connectivity index (χ2v) is 5.52. The molecule has 0 bridgehead atoms. The van der Waals surface area contributed by atoms with Crippen LogP contribution >= 0.6 is 0 Å². The van der Waals surface area contributed by atoms with E-state index in [-0.39, 0.29) is 19.0 Å². The first-order valence-electron chi connectivity index (χ1n) is 7.16. The van der Waals surface area contributed by atoms with E-state index in [1.165, 1.54) is 12.1 Å². The van der Waals surface area contributed by atoms with Crippen molar-refractivity contribution < 1.29 is 24.8 Å². The Morgan fingerprint density at radius 3 is 2.38 bits per heavy atom.